The van der Waals surface area contributed by atoms with Crippen LogP contribution in [0.4, 0.5) is 0 Å². The number of hydrogen-bond donors (Lipinski definition) is 3. The second-order valence-corrected chi connectivity index (χ2v) is 10.8. The zero-order chi connectivity index (χ0) is 21.5. The zero-order valence-electron chi connectivity index (χ0n) is 17.7. The fraction of sp³-hybridized carbons (Fsp3) is 0.750. The average Bonchev–Trinajstić information content (AvgIpc) is 3.00. The van der Waals surface area contributed by atoms with Crippen LogP contribution in [-0.2, 0) is 4.79 Å². The number of Topliss-reactive ketones (excluding diaryl/α,β-unsaturated/α-hetero) is 1. The maximum atomic E-state index is 13.7. The minimum Gasteiger partial charge on any atom is -0.431 e. The van der Waals surface area contributed by atoms with Gasteiger partial charge in [0, 0.05) is 17.4 Å². The SMILES string of the molecule is C[C@]12CC[C@H](O)C[C@@H]1CC[C@@H]1[C@@H]2C(=O)[C@@H](O)[C@]2(C)[C@@H](c3ccc(=O)oc3)CC[C@]12O. The molecule has 0 aliphatic heterocycles. The van der Waals surface area contributed by atoms with Gasteiger partial charge in [-0.1, -0.05) is 13.8 Å². The van der Waals surface area contributed by atoms with Gasteiger partial charge in [0.25, 0.3) is 0 Å². The molecule has 0 aromatic carbocycles. The molecule has 0 radical (unpaired) electrons. The first-order valence-corrected chi connectivity index (χ1v) is 11.3. The summed E-state index contributed by atoms with van der Waals surface area (Å²) in [6.07, 6.45) is 4.71. The van der Waals surface area contributed by atoms with Crippen molar-refractivity contribution in [3.8, 4) is 0 Å². The topological polar surface area (TPSA) is 108 Å². The number of ketones is 1. The monoisotopic (exact) mass is 416 g/mol. The lowest BCUT2D eigenvalue weighted by Gasteiger charge is -2.63. The molecule has 9 atom stereocenters. The van der Waals surface area contributed by atoms with Crippen LogP contribution < -0.4 is 5.63 Å². The number of carbonyl (C=O) groups excluding carboxylic acids is 1. The lowest BCUT2D eigenvalue weighted by molar-refractivity contribution is -0.230. The third-order valence-electron chi connectivity index (χ3n) is 9.80. The van der Waals surface area contributed by atoms with E-state index in [4.69, 9.17) is 4.42 Å². The van der Waals surface area contributed by atoms with Crippen LogP contribution in [0, 0.1) is 28.6 Å². The van der Waals surface area contributed by atoms with Crippen LogP contribution in [0.1, 0.15) is 70.3 Å². The molecular formula is C24H32O6. The number of rotatable bonds is 1. The number of hydrogen-bond acceptors (Lipinski definition) is 6. The van der Waals surface area contributed by atoms with Gasteiger partial charge in [-0.25, -0.2) is 4.79 Å². The van der Waals surface area contributed by atoms with Crippen molar-refractivity contribution < 1.29 is 24.5 Å². The van der Waals surface area contributed by atoms with Crippen molar-refractivity contribution in [1.82, 2.24) is 0 Å². The average molecular weight is 417 g/mol. The molecule has 1 aromatic heterocycles. The van der Waals surface area contributed by atoms with Crippen LogP contribution in [0.2, 0.25) is 0 Å². The van der Waals surface area contributed by atoms with E-state index in [9.17, 15) is 24.9 Å². The third kappa shape index (κ3) is 2.41. The predicted molar refractivity (Wildman–Crippen MR) is 109 cm³/mol. The minimum absolute atomic E-state index is 0.153. The largest absolute Gasteiger partial charge is 0.431 e. The number of aliphatic hydroxyl groups is 3. The summed E-state index contributed by atoms with van der Waals surface area (Å²) in [7, 11) is 0. The van der Waals surface area contributed by atoms with Gasteiger partial charge in [-0.15, -0.1) is 0 Å². The molecule has 6 heteroatoms. The summed E-state index contributed by atoms with van der Waals surface area (Å²) in [5, 5.41) is 33.7. The number of carbonyl (C=O) groups is 1. The Balaban J connectivity index is 1.58. The minimum atomic E-state index is -1.27. The predicted octanol–water partition coefficient (Wildman–Crippen LogP) is 2.39. The highest BCUT2D eigenvalue weighted by molar-refractivity contribution is 5.89. The molecule has 1 aromatic rings. The van der Waals surface area contributed by atoms with Gasteiger partial charge in [0.15, 0.2) is 5.78 Å². The molecule has 6 nitrogen and oxygen atoms in total. The van der Waals surface area contributed by atoms with Crippen molar-refractivity contribution >= 4 is 5.78 Å². The van der Waals surface area contributed by atoms with Gasteiger partial charge in [0.1, 0.15) is 6.10 Å². The molecule has 3 N–H and O–H groups in total. The Bertz CT molecular complexity index is 904. The van der Waals surface area contributed by atoms with E-state index in [-0.39, 0.29) is 41.0 Å². The molecule has 4 aliphatic rings. The van der Waals surface area contributed by atoms with Crippen molar-refractivity contribution in [3.05, 3.63) is 34.4 Å². The maximum absolute atomic E-state index is 13.7. The van der Waals surface area contributed by atoms with Crippen LogP contribution in [0.25, 0.3) is 0 Å². The molecule has 1 heterocycles. The van der Waals surface area contributed by atoms with Crippen LogP contribution in [-0.4, -0.2) is 38.9 Å². The summed E-state index contributed by atoms with van der Waals surface area (Å²) in [6, 6.07) is 3.05. The van der Waals surface area contributed by atoms with Crippen molar-refractivity contribution in [2.75, 3.05) is 0 Å². The highest BCUT2D eigenvalue weighted by atomic mass is 16.4. The van der Waals surface area contributed by atoms with Crippen LogP contribution in [0.3, 0.4) is 0 Å². The molecule has 0 unspecified atom stereocenters. The van der Waals surface area contributed by atoms with Gasteiger partial charge < -0.3 is 19.7 Å². The molecule has 5 rings (SSSR count). The Kier molecular flexibility index (Phi) is 4.42. The molecule has 164 valence electrons. The molecule has 0 saturated heterocycles. The van der Waals surface area contributed by atoms with Crippen molar-refractivity contribution in [3.63, 3.8) is 0 Å². The molecule has 30 heavy (non-hydrogen) atoms. The van der Waals surface area contributed by atoms with Crippen LogP contribution in [0.15, 0.2) is 27.6 Å². The molecule has 4 fully saturated rings. The lowest BCUT2D eigenvalue weighted by atomic mass is 9.42. The van der Waals surface area contributed by atoms with Gasteiger partial charge >= 0.3 is 5.63 Å². The molecule has 0 amide bonds. The first-order valence-electron chi connectivity index (χ1n) is 11.3. The molecule has 4 aliphatic carbocycles. The quantitative estimate of drug-likeness (QED) is 0.649. The highest BCUT2D eigenvalue weighted by Crippen LogP contribution is 2.69. The fourth-order valence-corrected chi connectivity index (χ4v) is 8.09. The van der Waals surface area contributed by atoms with E-state index >= 15 is 0 Å². The second kappa shape index (κ2) is 6.50. The summed E-state index contributed by atoms with van der Waals surface area (Å²) < 4.78 is 5.07. The Morgan fingerprint density at radius 1 is 1.03 bits per heavy atom. The van der Waals surface area contributed by atoms with Crippen molar-refractivity contribution in [1.29, 1.82) is 0 Å². The van der Waals surface area contributed by atoms with E-state index in [1.54, 1.807) is 6.07 Å². The van der Waals surface area contributed by atoms with Gasteiger partial charge in [0.2, 0.25) is 0 Å². The zero-order valence-corrected chi connectivity index (χ0v) is 17.7. The summed E-state index contributed by atoms with van der Waals surface area (Å²) in [5.41, 5.74) is -2.17. The van der Waals surface area contributed by atoms with Crippen molar-refractivity contribution in [2.45, 2.75) is 82.5 Å². The van der Waals surface area contributed by atoms with Gasteiger partial charge in [-0.2, -0.15) is 0 Å². The second-order valence-electron chi connectivity index (χ2n) is 10.8. The molecular weight excluding hydrogens is 384 g/mol. The van der Waals surface area contributed by atoms with E-state index in [1.165, 1.54) is 12.3 Å². The van der Waals surface area contributed by atoms with Crippen LogP contribution >= 0.6 is 0 Å². The lowest BCUT2D eigenvalue weighted by Crippen LogP contribution is -2.70. The van der Waals surface area contributed by atoms with E-state index in [0.717, 1.165) is 24.8 Å². The smallest absolute Gasteiger partial charge is 0.335 e. The fourth-order valence-electron chi connectivity index (χ4n) is 8.09. The summed E-state index contributed by atoms with van der Waals surface area (Å²) in [4.78, 5) is 25.1. The molecule has 0 spiro atoms. The Labute approximate surface area is 176 Å². The van der Waals surface area contributed by atoms with E-state index in [0.29, 0.717) is 25.7 Å². The van der Waals surface area contributed by atoms with E-state index in [1.807, 2.05) is 6.92 Å². The maximum Gasteiger partial charge on any atom is 0.335 e. The standard InChI is InChI=1S/C24H32O6/c1-22-9-7-15(25)11-14(22)4-5-17-19(22)20(27)21(28)23(2)16(8-10-24(17,23)29)13-3-6-18(26)30-12-13/h3,6,12,14-17,19,21,25,28-29H,4-5,7-11H2,1-2H3/t14-,15-,16+,17+,19+,21+,22-,23-,24-/m0/s1. The van der Waals surface area contributed by atoms with E-state index in [2.05, 4.69) is 6.92 Å². The Morgan fingerprint density at radius 2 is 1.80 bits per heavy atom. The summed E-state index contributed by atoms with van der Waals surface area (Å²) >= 11 is 0. The first kappa shape index (κ1) is 20.4. The summed E-state index contributed by atoms with van der Waals surface area (Å²) in [5.74, 6) is -0.752. The van der Waals surface area contributed by atoms with Gasteiger partial charge in [0.05, 0.1) is 18.0 Å². The number of aliphatic hydroxyl groups excluding tert-OH is 2. The summed E-state index contributed by atoms with van der Waals surface area (Å²) in [6.45, 7) is 3.98. The third-order valence-corrected chi connectivity index (χ3v) is 9.80. The first-order chi connectivity index (χ1) is 14.1. The molecule has 4 saturated carbocycles. The normalized spacial score (nSPS) is 50.5. The Hall–Kier alpha value is -1.50. The van der Waals surface area contributed by atoms with Gasteiger partial charge in [-0.05, 0) is 79.7 Å². The van der Waals surface area contributed by atoms with Crippen LogP contribution in [0.5, 0.6) is 0 Å². The molecule has 0 bridgehead atoms. The van der Waals surface area contributed by atoms with Crippen molar-refractivity contribution in [2.24, 2.45) is 28.6 Å². The Morgan fingerprint density at radius 3 is 2.50 bits per heavy atom. The highest BCUT2D eigenvalue weighted by Gasteiger charge is 2.73. The number of fused-ring (bicyclic) bond motifs is 5. The van der Waals surface area contributed by atoms with E-state index < -0.39 is 22.7 Å². The van der Waals surface area contributed by atoms with Gasteiger partial charge in [-0.3, -0.25) is 4.79 Å².